The first-order chi connectivity index (χ1) is 18.1. The zero-order valence-corrected chi connectivity index (χ0v) is 20.5. The molecule has 3 aromatic heterocycles. The summed E-state index contributed by atoms with van der Waals surface area (Å²) in [6.07, 6.45) is -3.85. The third-order valence-corrected chi connectivity index (χ3v) is 7.81. The van der Waals surface area contributed by atoms with Crippen LogP contribution < -0.4 is 17.0 Å². The summed E-state index contributed by atoms with van der Waals surface area (Å²) in [6.45, 7) is -1.08. The Labute approximate surface area is 212 Å². The van der Waals surface area contributed by atoms with Gasteiger partial charge in [0, 0.05) is 31.0 Å². The number of phosphoric ester groups is 1. The van der Waals surface area contributed by atoms with Gasteiger partial charge in [-0.15, -0.1) is 0 Å². The second kappa shape index (κ2) is 9.32. The van der Waals surface area contributed by atoms with Gasteiger partial charge in [0.2, 0.25) is 0 Å². The number of aromatic nitrogens is 6. The molecule has 6 bridgehead atoms. The molecule has 0 amide bonds. The molecule has 0 aliphatic carbocycles. The number of nitrogens with one attached hydrogen (secondary N) is 1. The Bertz CT molecular complexity index is 1560. The summed E-state index contributed by atoms with van der Waals surface area (Å²) in [5.41, 5.74) is 5.19. The third kappa shape index (κ3) is 4.36. The fourth-order valence-corrected chi connectivity index (χ4v) is 5.93. The number of aliphatic hydroxyl groups is 2. The average molecular weight is 553 g/mol. The summed E-state index contributed by atoms with van der Waals surface area (Å²) in [4.78, 5) is 50.8. The lowest BCUT2D eigenvalue weighted by Gasteiger charge is -2.22. The Hall–Kier alpha value is -3.02. The summed E-state index contributed by atoms with van der Waals surface area (Å²) >= 11 is 0. The third-order valence-electron chi connectivity index (χ3n) is 6.80. The monoisotopic (exact) mass is 553 g/mol. The van der Waals surface area contributed by atoms with Crippen molar-refractivity contribution in [3.05, 3.63) is 44.8 Å². The van der Waals surface area contributed by atoms with Gasteiger partial charge in [-0.1, -0.05) is 0 Å². The summed E-state index contributed by atoms with van der Waals surface area (Å²) in [5, 5.41) is 20.4. The van der Waals surface area contributed by atoms with E-state index in [0.29, 0.717) is 0 Å². The van der Waals surface area contributed by atoms with Gasteiger partial charge in [-0.25, -0.2) is 24.3 Å². The van der Waals surface area contributed by atoms with Gasteiger partial charge in [0.1, 0.15) is 42.9 Å². The molecule has 204 valence electrons. The van der Waals surface area contributed by atoms with Gasteiger partial charge in [-0.05, 0) is 0 Å². The Balaban J connectivity index is 1.51. The molecule has 3 aliphatic heterocycles. The normalized spacial score (nSPS) is 33.4. The zero-order chi connectivity index (χ0) is 26.8. The smallest absolute Gasteiger partial charge is 0.394 e. The van der Waals surface area contributed by atoms with E-state index in [1.165, 1.54) is 12.5 Å². The molecule has 2 fully saturated rings. The molecule has 0 radical (unpaired) electrons. The minimum atomic E-state index is -4.72. The van der Waals surface area contributed by atoms with Gasteiger partial charge in [-0.3, -0.25) is 28.0 Å². The van der Waals surface area contributed by atoms with E-state index in [4.69, 9.17) is 24.3 Å². The molecule has 18 heteroatoms. The van der Waals surface area contributed by atoms with Crippen LogP contribution in [0.2, 0.25) is 0 Å². The largest absolute Gasteiger partial charge is 0.472 e. The van der Waals surface area contributed by atoms with Gasteiger partial charge in [0.25, 0.3) is 5.56 Å². The number of hydrogen-bond acceptors (Lipinski definition) is 13. The number of fused-ring (bicyclic) bond motifs is 11. The number of nitrogens with two attached hydrogens (primary N) is 1. The molecule has 6 rings (SSSR count). The van der Waals surface area contributed by atoms with Gasteiger partial charge in [0.05, 0.1) is 19.3 Å². The number of phosphoric acid groups is 1. The molecule has 0 saturated carbocycles. The van der Waals surface area contributed by atoms with Crippen molar-refractivity contribution in [2.75, 3.05) is 18.9 Å². The number of rotatable bonds is 1. The number of nitrogens with zero attached hydrogens (tertiary/aromatic N) is 5. The van der Waals surface area contributed by atoms with Crippen molar-refractivity contribution < 1.29 is 38.2 Å². The maximum Gasteiger partial charge on any atom is 0.472 e. The number of hydrogen-bond donors (Lipinski definition) is 5. The molecule has 17 nitrogen and oxygen atoms in total. The number of aromatic amines is 1. The molecule has 6 N–H and O–H groups in total. The van der Waals surface area contributed by atoms with Crippen molar-refractivity contribution in [2.24, 2.45) is 0 Å². The second-order valence-corrected chi connectivity index (χ2v) is 10.6. The molecular weight excluding hydrogens is 529 g/mol. The molecule has 6 heterocycles. The van der Waals surface area contributed by atoms with Crippen LogP contribution in [-0.4, -0.2) is 81.8 Å². The van der Waals surface area contributed by atoms with E-state index in [1.807, 2.05) is 0 Å². The number of aliphatic hydroxyl groups excluding tert-OH is 2. The molecular formula is C20H24N7O10P. The molecule has 2 saturated heterocycles. The minimum absolute atomic E-state index is 0.0357. The number of nitrogen functional groups attached to an aromatic ring is 1. The van der Waals surface area contributed by atoms with Crippen molar-refractivity contribution in [2.45, 2.75) is 56.1 Å². The minimum Gasteiger partial charge on any atom is -0.394 e. The van der Waals surface area contributed by atoms with E-state index >= 15 is 0 Å². The molecule has 3 aliphatic rings. The summed E-state index contributed by atoms with van der Waals surface area (Å²) in [5.74, 6) is 0.361. The van der Waals surface area contributed by atoms with Crippen LogP contribution in [0.1, 0.15) is 36.7 Å². The fourth-order valence-electron chi connectivity index (χ4n) is 4.97. The Morgan fingerprint density at radius 3 is 2.79 bits per heavy atom. The first-order valence-electron chi connectivity index (χ1n) is 11.7. The van der Waals surface area contributed by atoms with Gasteiger partial charge in [0.15, 0.2) is 17.0 Å². The highest BCUT2D eigenvalue weighted by Crippen LogP contribution is 2.49. The number of imidazole rings is 1. The van der Waals surface area contributed by atoms with Crippen LogP contribution in [0.25, 0.3) is 11.2 Å². The van der Waals surface area contributed by atoms with Crippen LogP contribution >= 0.6 is 7.82 Å². The molecule has 38 heavy (non-hydrogen) atoms. The van der Waals surface area contributed by atoms with Crippen molar-refractivity contribution in [3.63, 3.8) is 0 Å². The predicted octanol–water partition coefficient (Wildman–Crippen LogP) is -1.71. The van der Waals surface area contributed by atoms with Crippen LogP contribution in [0.4, 0.5) is 5.82 Å². The van der Waals surface area contributed by atoms with E-state index in [9.17, 15) is 29.3 Å². The SMILES string of the molecule is Nc1ncnc2c1nc1n2[C@H]2C[C@H](O)[C@@H](COP(=O)(O)O[C@H]3C[C@@H](O[C@@H]3CO)n3cc(c(=O)[nH]c3=O)C1)O2. The first-order valence-corrected chi connectivity index (χ1v) is 13.2. The van der Waals surface area contributed by atoms with Crippen molar-refractivity contribution in [1.29, 1.82) is 0 Å². The maximum absolute atomic E-state index is 12.8. The fraction of sp³-hybridized carbons (Fsp3) is 0.550. The van der Waals surface area contributed by atoms with Crippen molar-refractivity contribution >= 4 is 24.8 Å². The van der Waals surface area contributed by atoms with Gasteiger partial charge < -0.3 is 30.3 Å². The van der Waals surface area contributed by atoms with Crippen LogP contribution in [0.15, 0.2) is 22.1 Å². The quantitative estimate of drug-likeness (QED) is 0.211. The van der Waals surface area contributed by atoms with Gasteiger partial charge in [-0.2, -0.15) is 0 Å². The average Bonchev–Trinajstić information content (AvgIpc) is 3.54. The second-order valence-electron chi connectivity index (χ2n) is 9.21. The molecule has 0 spiro atoms. The zero-order valence-electron chi connectivity index (χ0n) is 19.6. The summed E-state index contributed by atoms with van der Waals surface area (Å²) in [6, 6.07) is 0. The number of anilines is 1. The summed E-state index contributed by atoms with van der Waals surface area (Å²) < 4.78 is 37.4. The number of H-pyrrole nitrogens is 1. The topological polar surface area (TPSA) is 239 Å². The van der Waals surface area contributed by atoms with E-state index in [0.717, 1.165) is 4.57 Å². The predicted molar refractivity (Wildman–Crippen MR) is 125 cm³/mol. The Kier molecular flexibility index (Phi) is 6.20. The van der Waals surface area contributed by atoms with Crippen LogP contribution in [0.5, 0.6) is 0 Å². The summed E-state index contributed by atoms with van der Waals surface area (Å²) in [7, 11) is -4.72. The highest BCUT2D eigenvalue weighted by Gasteiger charge is 2.44. The molecule has 3 aromatic rings. The van der Waals surface area contributed by atoms with Crippen molar-refractivity contribution in [1.82, 2.24) is 29.1 Å². The van der Waals surface area contributed by atoms with E-state index in [1.54, 1.807) is 4.57 Å². The Morgan fingerprint density at radius 1 is 1.18 bits per heavy atom. The highest BCUT2D eigenvalue weighted by molar-refractivity contribution is 7.47. The standard InChI is InChI=1S/C20H24N7O10P/c21-17-16-18(23-7-22-17)27-13(24-16)1-8-4-26(20(31)25-19(8)30)14-3-10(11(5-28)35-14)37-38(32,33)34-6-12-9(29)2-15(27)36-12/h4,7,9-12,14-15,28-29H,1-3,5-6H2,(H,32,33)(H2,21,22,23)(H,25,30,31)/t9-,10-,11+,12+,14+,15+/m0/s1. The maximum atomic E-state index is 12.8. The lowest BCUT2D eigenvalue weighted by molar-refractivity contribution is -0.0565. The van der Waals surface area contributed by atoms with Gasteiger partial charge >= 0.3 is 13.5 Å². The molecule has 0 aromatic carbocycles. The molecule has 7 atom stereocenters. The molecule has 1 unspecified atom stereocenters. The lowest BCUT2D eigenvalue weighted by Crippen LogP contribution is -2.34. The lowest BCUT2D eigenvalue weighted by atomic mass is 10.2. The van der Waals surface area contributed by atoms with E-state index in [-0.39, 0.29) is 47.6 Å². The number of ether oxygens (including phenoxy) is 2. The van der Waals surface area contributed by atoms with Crippen LogP contribution in [0, 0.1) is 0 Å². The van der Waals surface area contributed by atoms with Crippen LogP contribution in [-0.2, 0) is 29.5 Å². The highest BCUT2D eigenvalue weighted by atomic mass is 31.2. The van der Waals surface area contributed by atoms with Crippen molar-refractivity contribution in [3.8, 4) is 0 Å². The Morgan fingerprint density at radius 2 is 2.00 bits per heavy atom. The van der Waals surface area contributed by atoms with Crippen LogP contribution in [0.3, 0.4) is 0 Å². The van der Waals surface area contributed by atoms with E-state index < -0.39 is 69.2 Å². The first kappa shape index (κ1) is 25.3. The van der Waals surface area contributed by atoms with E-state index in [2.05, 4.69) is 19.9 Å².